The van der Waals surface area contributed by atoms with Crippen molar-refractivity contribution >= 4 is 21.3 Å². The maximum atomic E-state index is 7.50. The van der Waals surface area contributed by atoms with E-state index in [2.05, 4.69) is 95.6 Å². The van der Waals surface area contributed by atoms with Crippen molar-refractivity contribution in [2.24, 2.45) is 0 Å². The molecule has 0 aromatic heterocycles. The molecular weight excluding hydrogens is 414 g/mol. The number of nitrogens with zero attached hydrogens (tertiary/aromatic N) is 1. The summed E-state index contributed by atoms with van der Waals surface area (Å²) in [5, 5.41) is 3.69. The molecule has 1 aromatic carbocycles. The molecule has 0 amide bonds. The van der Waals surface area contributed by atoms with Gasteiger partial charge in [-0.25, -0.2) is 0 Å². The smallest absolute Gasteiger partial charge is 0 e. The van der Waals surface area contributed by atoms with Gasteiger partial charge in [0.05, 0.1) is 27.9 Å². The number of hydrogen-bond acceptors (Lipinski definition) is 2. The molecule has 1 aliphatic heterocycles. The third kappa shape index (κ3) is 9.38. The Bertz CT molecular complexity index is 592. The molecule has 5 nitrogen and oxygen atoms in total. The summed E-state index contributed by atoms with van der Waals surface area (Å²) >= 11 is 0. The zero-order valence-corrected chi connectivity index (χ0v) is 20.4. The molecular formula is C19H29CrNO4Si2. The van der Waals surface area contributed by atoms with Crippen LogP contribution in [0.5, 0.6) is 0 Å². The van der Waals surface area contributed by atoms with Crippen molar-refractivity contribution in [1.82, 2.24) is 5.06 Å². The minimum absolute atomic E-state index is 0. The third-order valence-corrected chi connectivity index (χ3v) is 8.61. The van der Waals surface area contributed by atoms with Crippen molar-refractivity contribution in [3.05, 3.63) is 49.8 Å². The van der Waals surface area contributed by atoms with Gasteiger partial charge in [0.15, 0.2) is 0 Å². The van der Waals surface area contributed by atoms with Crippen molar-refractivity contribution < 1.29 is 36.2 Å². The van der Waals surface area contributed by atoms with Gasteiger partial charge in [-0.15, -0.1) is 0 Å². The van der Waals surface area contributed by atoms with Crippen molar-refractivity contribution in [3.8, 4) is 0 Å². The van der Waals surface area contributed by atoms with Crippen LogP contribution in [0.25, 0.3) is 0 Å². The second kappa shape index (κ2) is 14.3. The Balaban J connectivity index is -0.000000749. The molecule has 1 fully saturated rings. The normalized spacial score (nSPS) is 18.9. The molecule has 27 heavy (non-hydrogen) atoms. The van der Waals surface area contributed by atoms with Crippen LogP contribution in [0.15, 0.2) is 24.3 Å². The first-order valence-corrected chi connectivity index (χ1v) is 15.3. The van der Waals surface area contributed by atoms with E-state index in [4.69, 9.17) is 18.8 Å². The largest absolute Gasteiger partial charge is 0 e. The molecule has 1 saturated heterocycles. The Morgan fingerprint density at radius 3 is 1.74 bits per heavy atom. The molecule has 2 atom stereocenters. The van der Waals surface area contributed by atoms with Gasteiger partial charge in [-0.1, -0.05) is 68.7 Å². The van der Waals surface area contributed by atoms with E-state index in [1.54, 1.807) is 5.19 Å². The van der Waals surface area contributed by atoms with Gasteiger partial charge in [-0.2, -0.15) is 5.06 Å². The van der Waals surface area contributed by atoms with E-state index in [-0.39, 0.29) is 17.4 Å². The van der Waals surface area contributed by atoms with Gasteiger partial charge in [-0.05, 0) is 12.0 Å². The van der Waals surface area contributed by atoms with Crippen molar-refractivity contribution in [2.45, 2.75) is 57.5 Å². The molecule has 148 valence electrons. The van der Waals surface area contributed by atoms with Gasteiger partial charge < -0.3 is 0 Å². The predicted octanol–water partition coefficient (Wildman–Crippen LogP) is 3.67. The van der Waals surface area contributed by atoms with E-state index in [1.807, 2.05) is 0 Å². The Morgan fingerprint density at radius 2 is 1.37 bits per heavy atom. The summed E-state index contributed by atoms with van der Waals surface area (Å²) in [6, 6.07) is 9.43. The summed E-state index contributed by atoms with van der Waals surface area (Å²) in [4.78, 5) is 6.17. The quantitative estimate of drug-likeness (QED) is 0.406. The maximum Gasteiger partial charge on any atom is 0 e. The molecule has 0 N–H and O–H groups in total. The molecule has 1 aromatic rings. The summed E-state index contributed by atoms with van der Waals surface area (Å²) in [7, 11) is -0.467. The van der Waals surface area contributed by atoms with E-state index in [0.717, 1.165) is 6.42 Å². The fourth-order valence-corrected chi connectivity index (χ4v) is 6.10. The predicted molar refractivity (Wildman–Crippen MR) is 105 cm³/mol. The minimum atomic E-state index is -1.31. The monoisotopic (exact) mass is 443 g/mol. The summed E-state index contributed by atoms with van der Waals surface area (Å²) in [6.45, 7) is 28.0. The van der Waals surface area contributed by atoms with Gasteiger partial charge in [-0.3, -0.25) is 4.84 Å². The Labute approximate surface area is 176 Å². The number of hydroxylamine groups is 2. The molecule has 2 rings (SSSR count). The summed E-state index contributed by atoms with van der Waals surface area (Å²) < 4.78 is 22.5. The first-order chi connectivity index (χ1) is 12.1. The SMILES string of the molecule is CN1O[C@@H]([Si](C)(C)C)C[C@H]1c1ccccc1[Si](C)(C)C.[C-]#[O+].[C-]#[O+].[C-]#[O+].[Cr]. The van der Waals surface area contributed by atoms with E-state index < -0.39 is 16.1 Å². The third-order valence-electron chi connectivity index (χ3n) is 4.26. The second-order valence-corrected chi connectivity index (χ2v) is 18.5. The molecule has 0 bridgehead atoms. The first-order valence-electron chi connectivity index (χ1n) is 8.21. The fourth-order valence-electron chi connectivity index (χ4n) is 2.97. The molecule has 1 aliphatic rings. The van der Waals surface area contributed by atoms with Crippen LogP contribution in [-0.4, -0.2) is 34.0 Å². The van der Waals surface area contributed by atoms with Gasteiger partial charge in [0, 0.05) is 24.4 Å². The molecule has 1 heterocycles. The van der Waals surface area contributed by atoms with E-state index in [1.165, 1.54) is 5.56 Å². The zero-order chi connectivity index (χ0) is 21.1. The minimum Gasteiger partial charge on any atom is 0 e. The average Bonchev–Trinajstić information content (AvgIpc) is 3.01. The van der Waals surface area contributed by atoms with Crippen LogP contribution in [0.2, 0.25) is 39.3 Å². The maximum absolute atomic E-state index is 7.50. The van der Waals surface area contributed by atoms with E-state index in [9.17, 15) is 0 Å². The van der Waals surface area contributed by atoms with Crippen molar-refractivity contribution in [3.63, 3.8) is 0 Å². The summed E-state index contributed by atoms with van der Waals surface area (Å²) in [5.41, 5.74) is 1.93. The Kier molecular flexibility index (Phi) is 16.5. The second-order valence-electron chi connectivity index (χ2n) is 8.10. The standard InChI is InChI=1S/C16H29NOSi2.3CO.Cr/c1-17-14(12-16(18-17)20(5,6)7)13-10-8-9-11-15(13)19(2,3)4;3*1-2;/h8-11,14,16H,12H2,1-7H3;;;;/t14-,16-;;;;/m0..../s1. The average molecular weight is 444 g/mol. The number of hydrogen-bond donors (Lipinski definition) is 0. The fraction of sp³-hybridized carbons (Fsp3) is 0.526. The van der Waals surface area contributed by atoms with Crippen LogP contribution >= 0.6 is 0 Å². The number of rotatable bonds is 3. The summed E-state index contributed by atoms with van der Waals surface area (Å²) in [5.74, 6) is 0. The van der Waals surface area contributed by atoms with Crippen LogP contribution in [0, 0.1) is 20.0 Å². The molecule has 0 aliphatic carbocycles. The molecule has 0 unspecified atom stereocenters. The van der Waals surface area contributed by atoms with Crippen molar-refractivity contribution in [2.75, 3.05) is 7.05 Å². The van der Waals surface area contributed by atoms with Crippen LogP contribution in [0.4, 0.5) is 0 Å². The molecule has 8 heteroatoms. The van der Waals surface area contributed by atoms with Gasteiger partial charge in [0.1, 0.15) is 0 Å². The Hall–Kier alpha value is -0.674. The summed E-state index contributed by atoms with van der Waals surface area (Å²) in [6.07, 6.45) is 1.15. The molecule has 0 saturated carbocycles. The van der Waals surface area contributed by atoms with E-state index in [0.29, 0.717) is 11.8 Å². The van der Waals surface area contributed by atoms with Crippen LogP contribution < -0.4 is 5.19 Å². The van der Waals surface area contributed by atoms with Gasteiger partial charge in [0.25, 0.3) is 0 Å². The zero-order valence-electron chi connectivity index (χ0n) is 17.2. The van der Waals surface area contributed by atoms with Crippen LogP contribution in [0.1, 0.15) is 18.0 Å². The van der Waals surface area contributed by atoms with Crippen LogP contribution in [0.3, 0.4) is 0 Å². The topological polar surface area (TPSA) is 72.2 Å². The van der Waals surface area contributed by atoms with Gasteiger partial charge in [0.2, 0.25) is 0 Å². The van der Waals surface area contributed by atoms with Crippen LogP contribution in [-0.2, 0) is 36.2 Å². The first kappa shape index (κ1) is 31.0. The Morgan fingerprint density at radius 1 is 0.926 bits per heavy atom. The van der Waals surface area contributed by atoms with E-state index >= 15 is 0 Å². The van der Waals surface area contributed by atoms with Crippen molar-refractivity contribution in [1.29, 1.82) is 0 Å². The molecule has 0 spiro atoms. The molecule has 0 radical (unpaired) electrons. The number of benzene rings is 1. The van der Waals surface area contributed by atoms with Gasteiger partial charge >= 0.3 is 33.9 Å².